The topological polar surface area (TPSA) is 72.9 Å². The number of hydrogen-bond acceptors (Lipinski definition) is 7. The molecule has 7 heteroatoms. The minimum absolute atomic E-state index is 0.0516. The van der Waals surface area contributed by atoms with Crippen molar-refractivity contribution in [2.45, 2.75) is 0 Å². The van der Waals surface area contributed by atoms with E-state index in [0.29, 0.717) is 4.88 Å². The van der Waals surface area contributed by atoms with Gasteiger partial charge in [-0.3, -0.25) is 4.79 Å². The first kappa shape index (κ1) is 17.6. The molecule has 0 atom stereocenters. The van der Waals surface area contributed by atoms with Gasteiger partial charge in [-0.1, -0.05) is 6.07 Å². The number of nitrogens with zero attached hydrogens (tertiary/aromatic N) is 1. The van der Waals surface area contributed by atoms with Crippen LogP contribution in [0.2, 0.25) is 0 Å². The molecule has 0 bridgehead atoms. The van der Waals surface area contributed by atoms with Gasteiger partial charge >= 0.3 is 11.9 Å². The molecule has 22 heavy (non-hydrogen) atoms. The molecule has 118 valence electrons. The van der Waals surface area contributed by atoms with Crippen LogP contribution in [0.3, 0.4) is 0 Å². The third kappa shape index (κ3) is 4.56. The monoisotopic (exact) mass is 323 g/mol. The van der Waals surface area contributed by atoms with Gasteiger partial charge in [0.1, 0.15) is 0 Å². The Hall–Kier alpha value is -2.41. The molecule has 0 saturated carbocycles. The van der Waals surface area contributed by atoms with E-state index in [2.05, 4.69) is 9.47 Å². The first-order chi connectivity index (χ1) is 10.4. The molecule has 0 radical (unpaired) electrons. The van der Waals surface area contributed by atoms with Crippen LogP contribution >= 0.6 is 11.3 Å². The second-order valence-corrected chi connectivity index (χ2v) is 5.34. The van der Waals surface area contributed by atoms with Crippen LogP contribution in [0.5, 0.6) is 0 Å². The summed E-state index contributed by atoms with van der Waals surface area (Å²) in [4.78, 5) is 38.1. The van der Waals surface area contributed by atoms with E-state index >= 15 is 0 Å². The molecule has 0 N–H and O–H groups in total. The molecule has 0 amide bonds. The van der Waals surface area contributed by atoms with Gasteiger partial charge in [0.25, 0.3) is 0 Å². The summed E-state index contributed by atoms with van der Waals surface area (Å²) in [5.41, 5.74) is -0.203. The van der Waals surface area contributed by atoms with Crippen LogP contribution < -0.4 is 0 Å². The van der Waals surface area contributed by atoms with E-state index in [-0.39, 0.29) is 16.9 Å². The van der Waals surface area contributed by atoms with Gasteiger partial charge in [-0.2, -0.15) is 0 Å². The number of thiophene rings is 1. The number of hydrogen-bond donors (Lipinski definition) is 0. The number of esters is 2. The second-order valence-electron chi connectivity index (χ2n) is 4.39. The van der Waals surface area contributed by atoms with Gasteiger partial charge in [-0.05, 0) is 11.4 Å². The summed E-state index contributed by atoms with van der Waals surface area (Å²) >= 11 is 1.24. The third-order valence-electron chi connectivity index (χ3n) is 2.53. The van der Waals surface area contributed by atoms with Crippen molar-refractivity contribution in [1.82, 2.24) is 4.90 Å². The molecule has 1 aromatic heterocycles. The minimum Gasteiger partial charge on any atom is -0.465 e. The number of allylic oxidation sites excluding steroid dienone is 1. The van der Waals surface area contributed by atoms with E-state index in [9.17, 15) is 14.4 Å². The van der Waals surface area contributed by atoms with Crippen LogP contribution in [-0.2, 0) is 19.1 Å². The van der Waals surface area contributed by atoms with Crippen LogP contribution in [0, 0.1) is 0 Å². The Labute approximate surface area is 132 Å². The van der Waals surface area contributed by atoms with E-state index in [1.165, 1.54) is 31.8 Å². The molecule has 0 unspecified atom stereocenters. The Bertz CT molecular complexity index is 614. The summed E-state index contributed by atoms with van der Waals surface area (Å²) in [7, 11) is 5.73. The van der Waals surface area contributed by atoms with Crippen molar-refractivity contribution in [3.8, 4) is 0 Å². The van der Waals surface area contributed by atoms with Crippen molar-refractivity contribution in [3.05, 3.63) is 45.8 Å². The van der Waals surface area contributed by atoms with Crippen molar-refractivity contribution in [3.63, 3.8) is 0 Å². The molecule has 0 saturated heterocycles. The number of rotatable bonds is 6. The van der Waals surface area contributed by atoms with Crippen LogP contribution in [-0.4, -0.2) is 50.9 Å². The zero-order valence-electron chi connectivity index (χ0n) is 12.8. The Balaban J connectivity index is 3.34. The molecule has 1 aromatic rings. The van der Waals surface area contributed by atoms with Gasteiger partial charge in [0, 0.05) is 26.4 Å². The maximum absolute atomic E-state index is 12.2. The Morgan fingerprint density at radius 1 is 1.09 bits per heavy atom. The van der Waals surface area contributed by atoms with Gasteiger partial charge in [-0.15, -0.1) is 11.3 Å². The zero-order chi connectivity index (χ0) is 16.7. The van der Waals surface area contributed by atoms with Crippen LogP contribution in [0.1, 0.15) is 9.67 Å². The van der Waals surface area contributed by atoms with Crippen molar-refractivity contribution in [2.24, 2.45) is 0 Å². The van der Waals surface area contributed by atoms with E-state index in [1.54, 1.807) is 36.5 Å². The molecule has 1 heterocycles. The van der Waals surface area contributed by atoms with Crippen LogP contribution in [0.4, 0.5) is 0 Å². The Kier molecular flexibility index (Phi) is 6.52. The lowest BCUT2D eigenvalue weighted by Crippen LogP contribution is -2.19. The SMILES string of the molecule is COC(=O)C(=C/C(=O)c1cccs1)/C(=C\N(C)C)C(=O)OC. The third-order valence-corrected chi connectivity index (χ3v) is 3.41. The van der Waals surface area contributed by atoms with Gasteiger partial charge in [-0.25, -0.2) is 9.59 Å². The molecule has 0 aliphatic rings. The smallest absolute Gasteiger partial charge is 0.340 e. The molecule has 0 spiro atoms. The van der Waals surface area contributed by atoms with Crippen molar-refractivity contribution in [2.75, 3.05) is 28.3 Å². The summed E-state index contributed by atoms with van der Waals surface area (Å²) in [5.74, 6) is -1.91. The molecular formula is C15H17NO5S. The molecular weight excluding hydrogens is 306 g/mol. The highest BCUT2D eigenvalue weighted by Gasteiger charge is 2.24. The predicted molar refractivity (Wildman–Crippen MR) is 82.5 cm³/mol. The lowest BCUT2D eigenvalue weighted by molar-refractivity contribution is -0.139. The highest BCUT2D eigenvalue weighted by molar-refractivity contribution is 7.12. The summed E-state index contributed by atoms with van der Waals surface area (Å²) in [6.45, 7) is 0. The van der Waals surface area contributed by atoms with Crippen LogP contribution in [0.15, 0.2) is 40.9 Å². The zero-order valence-corrected chi connectivity index (χ0v) is 13.6. The molecule has 0 aliphatic heterocycles. The van der Waals surface area contributed by atoms with E-state index in [1.807, 2.05) is 0 Å². The maximum atomic E-state index is 12.2. The summed E-state index contributed by atoms with van der Waals surface area (Å²) in [6, 6.07) is 3.35. The van der Waals surface area contributed by atoms with Crippen LogP contribution in [0.25, 0.3) is 0 Å². The average Bonchev–Trinajstić information content (AvgIpc) is 3.03. The van der Waals surface area contributed by atoms with E-state index in [0.717, 1.165) is 6.08 Å². The van der Waals surface area contributed by atoms with Gasteiger partial charge in [0.15, 0.2) is 5.78 Å². The lowest BCUT2D eigenvalue weighted by Gasteiger charge is -2.12. The largest absolute Gasteiger partial charge is 0.465 e. The fourth-order valence-electron chi connectivity index (χ4n) is 1.58. The highest BCUT2D eigenvalue weighted by Crippen LogP contribution is 2.18. The van der Waals surface area contributed by atoms with Gasteiger partial charge in [0.2, 0.25) is 0 Å². The quantitative estimate of drug-likeness (QED) is 0.343. The predicted octanol–water partition coefficient (Wildman–Crippen LogP) is 1.65. The maximum Gasteiger partial charge on any atom is 0.340 e. The fraction of sp³-hybridized carbons (Fsp3) is 0.267. The summed E-state index contributed by atoms with van der Waals surface area (Å²) in [6.07, 6.45) is 2.49. The molecule has 0 fully saturated rings. The molecule has 6 nitrogen and oxygen atoms in total. The van der Waals surface area contributed by atoms with E-state index < -0.39 is 11.9 Å². The van der Waals surface area contributed by atoms with Gasteiger partial charge in [0.05, 0.1) is 30.2 Å². The number of ketones is 1. The van der Waals surface area contributed by atoms with Gasteiger partial charge < -0.3 is 14.4 Å². The first-order valence-electron chi connectivity index (χ1n) is 6.25. The highest BCUT2D eigenvalue weighted by atomic mass is 32.1. The van der Waals surface area contributed by atoms with Crippen molar-refractivity contribution in [1.29, 1.82) is 0 Å². The normalized spacial score (nSPS) is 11.8. The molecule has 0 aromatic carbocycles. The molecule has 0 aliphatic carbocycles. The summed E-state index contributed by atoms with van der Waals surface area (Å²) in [5, 5.41) is 1.75. The Morgan fingerprint density at radius 3 is 2.14 bits per heavy atom. The Morgan fingerprint density at radius 2 is 1.68 bits per heavy atom. The minimum atomic E-state index is -0.789. The fourth-order valence-corrected chi connectivity index (χ4v) is 2.21. The molecule has 1 rings (SSSR count). The average molecular weight is 323 g/mol. The standard InChI is InChI=1S/C15H17NO5S/c1-16(2)9-11(15(19)21-4)10(14(18)20-3)8-12(17)13-6-5-7-22-13/h5-9H,1-4H3/b10-8+,11-9+. The number of ether oxygens (including phenoxy) is 2. The van der Waals surface area contributed by atoms with E-state index in [4.69, 9.17) is 0 Å². The van der Waals surface area contributed by atoms with Crippen molar-refractivity contribution < 1.29 is 23.9 Å². The second kappa shape index (κ2) is 8.14. The first-order valence-corrected chi connectivity index (χ1v) is 7.13. The lowest BCUT2D eigenvalue weighted by atomic mass is 10.0. The number of carbonyl (C=O) groups excluding carboxylic acids is 3. The van der Waals surface area contributed by atoms with Crippen molar-refractivity contribution >= 4 is 29.1 Å². The number of methoxy groups -OCH3 is 2. The number of carbonyl (C=O) groups is 3. The summed E-state index contributed by atoms with van der Waals surface area (Å²) < 4.78 is 9.33.